The van der Waals surface area contributed by atoms with Crippen LogP contribution in [0.5, 0.6) is 5.75 Å². The number of thiazole rings is 1. The lowest BCUT2D eigenvalue weighted by molar-refractivity contribution is -0.144. The molecule has 0 saturated carbocycles. The largest absolute Gasteiger partial charge is 0.479 e. The molecule has 0 fully saturated rings. The van der Waals surface area contributed by atoms with Gasteiger partial charge in [-0.1, -0.05) is 0 Å². The van der Waals surface area contributed by atoms with E-state index in [0.29, 0.717) is 5.75 Å². The number of ether oxygens (including phenoxy) is 1. The average Bonchev–Trinajstić information content (AvgIpc) is 2.91. The van der Waals surface area contributed by atoms with Gasteiger partial charge in [0.2, 0.25) is 0 Å². The molecule has 0 aliphatic heterocycles. The lowest BCUT2D eigenvalue weighted by atomic mass is 10.3. The molecule has 3 aromatic rings. The molecule has 0 radical (unpaired) electrons. The molecule has 2 aromatic heterocycles. The Bertz CT molecular complexity index is 786. The van der Waals surface area contributed by atoms with Gasteiger partial charge in [-0.25, -0.2) is 9.78 Å². The summed E-state index contributed by atoms with van der Waals surface area (Å²) in [5.74, 6) is -0.459. The predicted octanol–water partition coefficient (Wildman–Crippen LogP) is 3.21. The van der Waals surface area contributed by atoms with Crippen LogP contribution in [0.15, 0.2) is 42.7 Å². The number of aliphatic carboxylic acids is 1. The Labute approximate surface area is 124 Å². The van der Waals surface area contributed by atoms with Gasteiger partial charge in [0.25, 0.3) is 0 Å². The molecule has 0 bridgehead atoms. The molecule has 0 saturated heterocycles. The summed E-state index contributed by atoms with van der Waals surface area (Å²) < 4.78 is 6.32. The second-order valence-electron chi connectivity index (χ2n) is 4.48. The van der Waals surface area contributed by atoms with E-state index in [0.717, 1.165) is 20.8 Å². The summed E-state index contributed by atoms with van der Waals surface area (Å²) >= 11 is 1.53. The first-order chi connectivity index (χ1) is 10.1. The number of carboxylic acid groups (broad SMARTS) is 1. The van der Waals surface area contributed by atoms with Crippen molar-refractivity contribution in [2.75, 3.05) is 0 Å². The van der Waals surface area contributed by atoms with Crippen molar-refractivity contribution in [2.45, 2.75) is 13.0 Å². The topological polar surface area (TPSA) is 72.3 Å². The van der Waals surface area contributed by atoms with E-state index in [2.05, 4.69) is 9.97 Å². The first kappa shape index (κ1) is 13.5. The first-order valence-electron chi connectivity index (χ1n) is 6.34. The second kappa shape index (κ2) is 5.49. The molecule has 2 heterocycles. The van der Waals surface area contributed by atoms with Crippen molar-refractivity contribution in [1.82, 2.24) is 9.97 Å². The van der Waals surface area contributed by atoms with Crippen LogP contribution in [0, 0.1) is 0 Å². The van der Waals surface area contributed by atoms with E-state index in [-0.39, 0.29) is 0 Å². The highest BCUT2D eigenvalue weighted by Crippen LogP contribution is 2.32. The Morgan fingerprint density at radius 1 is 1.29 bits per heavy atom. The van der Waals surface area contributed by atoms with E-state index in [1.54, 1.807) is 18.5 Å². The molecule has 106 valence electrons. The summed E-state index contributed by atoms with van der Waals surface area (Å²) in [6.45, 7) is 1.50. The summed E-state index contributed by atoms with van der Waals surface area (Å²) in [5.41, 5.74) is 1.87. The SMILES string of the molecule is CC(Oc1ccc2nc(-c3ccncc3)sc2c1)C(=O)O. The minimum absolute atomic E-state index is 0.530. The third-order valence-corrected chi connectivity index (χ3v) is 4.02. The summed E-state index contributed by atoms with van der Waals surface area (Å²) in [7, 11) is 0. The number of nitrogens with zero attached hydrogens (tertiary/aromatic N) is 2. The van der Waals surface area contributed by atoms with Crippen LogP contribution in [0.3, 0.4) is 0 Å². The third-order valence-electron chi connectivity index (χ3n) is 2.95. The van der Waals surface area contributed by atoms with Gasteiger partial charge in [-0.05, 0) is 37.3 Å². The van der Waals surface area contributed by atoms with Crippen molar-refractivity contribution in [3.05, 3.63) is 42.7 Å². The van der Waals surface area contributed by atoms with Gasteiger partial charge >= 0.3 is 5.97 Å². The maximum atomic E-state index is 10.8. The quantitative estimate of drug-likeness (QED) is 0.801. The lowest BCUT2D eigenvalue weighted by Crippen LogP contribution is -2.22. The Morgan fingerprint density at radius 3 is 2.76 bits per heavy atom. The van der Waals surface area contributed by atoms with Crippen molar-refractivity contribution in [1.29, 1.82) is 0 Å². The van der Waals surface area contributed by atoms with Crippen LogP contribution in [-0.2, 0) is 4.79 Å². The highest BCUT2D eigenvalue weighted by molar-refractivity contribution is 7.21. The van der Waals surface area contributed by atoms with Gasteiger partial charge in [-0.15, -0.1) is 11.3 Å². The summed E-state index contributed by atoms with van der Waals surface area (Å²) in [6.07, 6.45) is 2.57. The Balaban J connectivity index is 1.94. The number of aromatic nitrogens is 2. The maximum absolute atomic E-state index is 10.8. The van der Waals surface area contributed by atoms with Crippen LogP contribution in [0.25, 0.3) is 20.8 Å². The number of carbonyl (C=O) groups is 1. The number of pyridine rings is 1. The van der Waals surface area contributed by atoms with Gasteiger partial charge in [0.1, 0.15) is 10.8 Å². The molecule has 5 nitrogen and oxygen atoms in total. The van der Waals surface area contributed by atoms with Gasteiger partial charge in [0.15, 0.2) is 6.10 Å². The molecule has 0 spiro atoms. The average molecular weight is 300 g/mol. The smallest absolute Gasteiger partial charge is 0.344 e. The first-order valence-corrected chi connectivity index (χ1v) is 7.15. The monoisotopic (exact) mass is 300 g/mol. The van der Waals surface area contributed by atoms with Crippen LogP contribution in [0.1, 0.15) is 6.92 Å². The highest BCUT2D eigenvalue weighted by atomic mass is 32.1. The molecule has 1 atom stereocenters. The van der Waals surface area contributed by atoms with Gasteiger partial charge in [-0.3, -0.25) is 4.98 Å². The van der Waals surface area contributed by atoms with Crippen LogP contribution in [0.2, 0.25) is 0 Å². The molecule has 1 unspecified atom stereocenters. The molecular formula is C15H12N2O3S. The molecule has 0 aliphatic rings. The van der Waals surface area contributed by atoms with Crippen molar-refractivity contribution in [2.24, 2.45) is 0 Å². The third kappa shape index (κ3) is 2.85. The van der Waals surface area contributed by atoms with Gasteiger partial charge in [-0.2, -0.15) is 0 Å². The number of rotatable bonds is 4. The molecule has 21 heavy (non-hydrogen) atoms. The summed E-state index contributed by atoms with van der Waals surface area (Å²) in [4.78, 5) is 19.4. The molecule has 6 heteroatoms. The van der Waals surface area contributed by atoms with E-state index in [1.165, 1.54) is 18.3 Å². The fourth-order valence-corrected chi connectivity index (χ4v) is 2.85. The number of carboxylic acids is 1. The van der Waals surface area contributed by atoms with Crippen LogP contribution in [0.4, 0.5) is 0 Å². The van der Waals surface area contributed by atoms with Crippen LogP contribution >= 0.6 is 11.3 Å². The minimum atomic E-state index is -0.989. The van der Waals surface area contributed by atoms with E-state index >= 15 is 0 Å². The number of benzene rings is 1. The zero-order chi connectivity index (χ0) is 14.8. The Kier molecular flexibility index (Phi) is 3.53. The van der Waals surface area contributed by atoms with Crippen molar-refractivity contribution >= 4 is 27.5 Å². The molecule has 3 rings (SSSR count). The van der Waals surface area contributed by atoms with Gasteiger partial charge in [0.05, 0.1) is 10.2 Å². The van der Waals surface area contributed by atoms with E-state index in [4.69, 9.17) is 9.84 Å². The van der Waals surface area contributed by atoms with E-state index in [9.17, 15) is 4.79 Å². The predicted molar refractivity (Wildman–Crippen MR) is 80.6 cm³/mol. The maximum Gasteiger partial charge on any atom is 0.344 e. The lowest BCUT2D eigenvalue weighted by Gasteiger charge is -2.09. The Morgan fingerprint density at radius 2 is 2.05 bits per heavy atom. The molecular weight excluding hydrogens is 288 g/mol. The van der Waals surface area contributed by atoms with Crippen molar-refractivity contribution in [3.63, 3.8) is 0 Å². The standard InChI is InChI=1S/C15H12N2O3S/c1-9(15(18)19)20-11-2-3-12-13(8-11)21-14(17-12)10-4-6-16-7-5-10/h2-9H,1H3,(H,18,19). The second-order valence-corrected chi connectivity index (χ2v) is 5.51. The zero-order valence-corrected chi connectivity index (χ0v) is 12.0. The minimum Gasteiger partial charge on any atom is -0.479 e. The highest BCUT2D eigenvalue weighted by Gasteiger charge is 2.13. The van der Waals surface area contributed by atoms with Crippen LogP contribution in [-0.4, -0.2) is 27.1 Å². The van der Waals surface area contributed by atoms with Gasteiger partial charge in [0, 0.05) is 18.0 Å². The summed E-state index contributed by atoms with van der Waals surface area (Å²) in [5, 5.41) is 9.77. The fourth-order valence-electron chi connectivity index (χ4n) is 1.85. The van der Waals surface area contributed by atoms with E-state index < -0.39 is 12.1 Å². The normalized spacial score (nSPS) is 12.2. The number of hydrogen-bond acceptors (Lipinski definition) is 5. The van der Waals surface area contributed by atoms with Gasteiger partial charge < -0.3 is 9.84 Å². The van der Waals surface area contributed by atoms with Crippen LogP contribution < -0.4 is 4.74 Å². The van der Waals surface area contributed by atoms with E-state index in [1.807, 2.05) is 24.3 Å². The Hall–Kier alpha value is -2.47. The zero-order valence-electron chi connectivity index (χ0n) is 11.2. The van der Waals surface area contributed by atoms with Crippen molar-refractivity contribution in [3.8, 4) is 16.3 Å². The number of hydrogen-bond donors (Lipinski definition) is 1. The molecule has 0 aliphatic carbocycles. The molecule has 1 N–H and O–H groups in total. The molecule has 0 amide bonds. The molecule has 1 aromatic carbocycles. The summed E-state index contributed by atoms with van der Waals surface area (Å²) in [6, 6.07) is 9.19. The number of fused-ring (bicyclic) bond motifs is 1. The van der Waals surface area contributed by atoms with Crippen molar-refractivity contribution < 1.29 is 14.6 Å². The fraction of sp³-hybridized carbons (Fsp3) is 0.133.